The smallest absolute Gasteiger partial charge is 0.196 e. The zero-order valence-electron chi connectivity index (χ0n) is 10.3. The maximum absolute atomic E-state index is 5.94. The number of nitrogens with two attached hydrogens (primary N) is 1. The van der Waals surface area contributed by atoms with E-state index < -0.39 is 0 Å². The van der Waals surface area contributed by atoms with E-state index in [-0.39, 0.29) is 6.04 Å². The van der Waals surface area contributed by atoms with Crippen LogP contribution in [-0.2, 0) is 0 Å². The molecule has 0 saturated carbocycles. The van der Waals surface area contributed by atoms with Gasteiger partial charge in [0.05, 0.1) is 6.04 Å². The van der Waals surface area contributed by atoms with Crippen LogP contribution in [0.15, 0.2) is 30.6 Å². The molecule has 0 aliphatic rings. The van der Waals surface area contributed by atoms with E-state index >= 15 is 0 Å². The van der Waals surface area contributed by atoms with Gasteiger partial charge in [-0.25, -0.2) is 0 Å². The highest BCUT2D eigenvalue weighted by atomic mass is 15.5. The molecule has 7 heteroatoms. The summed E-state index contributed by atoms with van der Waals surface area (Å²) in [6, 6.07) is 5.67. The molecule has 4 N–H and O–H groups in total. The molecular weight excluding hydrogens is 242 g/mol. The van der Waals surface area contributed by atoms with Gasteiger partial charge in [0.1, 0.15) is 0 Å². The molecule has 19 heavy (non-hydrogen) atoms. The summed E-state index contributed by atoms with van der Waals surface area (Å²) in [6.45, 7) is 1.97. The van der Waals surface area contributed by atoms with Crippen molar-refractivity contribution in [1.82, 2.24) is 25.6 Å². The van der Waals surface area contributed by atoms with Crippen molar-refractivity contribution >= 4 is 22.1 Å². The Bertz CT molecular complexity index is 692. The van der Waals surface area contributed by atoms with E-state index in [1.807, 2.05) is 25.1 Å². The summed E-state index contributed by atoms with van der Waals surface area (Å²) < 4.78 is 0. The molecule has 0 spiro atoms. The van der Waals surface area contributed by atoms with E-state index in [0.717, 1.165) is 16.5 Å². The van der Waals surface area contributed by atoms with Gasteiger partial charge < -0.3 is 11.1 Å². The van der Waals surface area contributed by atoms with E-state index in [4.69, 9.17) is 5.73 Å². The molecule has 0 fully saturated rings. The van der Waals surface area contributed by atoms with E-state index in [0.29, 0.717) is 11.5 Å². The van der Waals surface area contributed by atoms with E-state index in [1.165, 1.54) is 0 Å². The Kier molecular flexibility index (Phi) is 2.71. The Labute approximate surface area is 109 Å². The summed E-state index contributed by atoms with van der Waals surface area (Å²) >= 11 is 0. The third-order valence-electron chi connectivity index (χ3n) is 2.97. The number of tetrazole rings is 1. The molecule has 7 nitrogen and oxygen atoms in total. The van der Waals surface area contributed by atoms with Crippen molar-refractivity contribution < 1.29 is 0 Å². The van der Waals surface area contributed by atoms with Crippen LogP contribution < -0.4 is 11.1 Å². The van der Waals surface area contributed by atoms with Crippen LogP contribution in [0.5, 0.6) is 0 Å². The molecular formula is C12H13N7. The highest BCUT2D eigenvalue weighted by molar-refractivity contribution is 6.00. The molecule has 96 valence electrons. The normalized spacial score (nSPS) is 12.5. The number of nitrogens with zero attached hydrogens (tertiary/aromatic N) is 4. The second-order valence-electron chi connectivity index (χ2n) is 4.26. The zero-order chi connectivity index (χ0) is 13.2. The number of hydrogen-bond donors (Lipinski definition) is 3. The fourth-order valence-corrected chi connectivity index (χ4v) is 1.99. The molecule has 0 saturated heterocycles. The van der Waals surface area contributed by atoms with Crippen molar-refractivity contribution in [2.45, 2.75) is 13.0 Å². The van der Waals surface area contributed by atoms with E-state index in [9.17, 15) is 0 Å². The first-order valence-corrected chi connectivity index (χ1v) is 5.88. The number of pyridine rings is 1. The minimum Gasteiger partial charge on any atom is -0.398 e. The Morgan fingerprint density at radius 1 is 1.26 bits per heavy atom. The second-order valence-corrected chi connectivity index (χ2v) is 4.26. The number of nitrogen functional groups attached to an aromatic ring is 1. The fourth-order valence-electron chi connectivity index (χ4n) is 1.99. The summed E-state index contributed by atoms with van der Waals surface area (Å²) in [5.41, 5.74) is 7.61. The van der Waals surface area contributed by atoms with Crippen LogP contribution in [0.25, 0.3) is 10.8 Å². The average molecular weight is 255 g/mol. The molecule has 0 aliphatic carbocycles. The SMILES string of the molecule is CC(Nc1ccc(N)c2cnccc12)c1nn[nH]n1. The quantitative estimate of drug-likeness (QED) is 0.612. The molecule has 1 aromatic carbocycles. The predicted octanol–water partition coefficient (Wildman–Crippen LogP) is 1.50. The lowest BCUT2D eigenvalue weighted by Crippen LogP contribution is -2.09. The predicted molar refractivity (Wildman–Crippen MR) is 72.4 cm³/mol. The van der Waals surface area contributed by atoms with Gasteiger partial charge in [-0.1, -0.05) is 5.21 Å². The van der Waals surface area contributed by atoms with Gasteiger partial charge in [-0.05, 0) is 25.1 Å². The summed E-state index contributed by atoms with van der Waals surface area (Å²) in [5, 5.41) is 19.2. The molecule has 0 radical (unpaired) electrons. The van der Waals surface area contributed by atoms with Crippen molar-refractivity contribution in [1.29, 1.82) is 0 Å². The van der Waals surface area contributed by atoms with Crippen LogP contribution >= 0.6 is 0 Å². The number of benzene rings is 1. The van der Waals surface area contributed by atoms with Crippen molar-refractivity contribution in [3.05, 3.63) is 36.4 Å². The Hall–Kier alpha value is -2.70. The molecule has 0 amide bonds. The minimum atomic E-state index is -0.0567. The Morgan fingerprint density at radius 2 is 2.16 bits per heavy atom. The third kappa shape index (κ3) is 2.05. The Balaban J connectivity index is 2.00. The number of aromatic nitrogens is 5. The number of aromatic amines is 1. The van der Waals surface area contributed by atoms with Crippen molar-refractivity contribution in [2.24, 2.45) is 0 Å². The molecule has 3 aromatic rings. The first-order valence-electron chi connectivity index (χ1n) is 5.88. The van der Waals surface area contributed by atoms with Gasteiger partial charge in [0, 0.05) is 34.5 Å². The molecule has 3 rings (SSSR count). The number of rotatable bonds is 3. The second kappa shape index (κ2) is 4.52. The van der Waals surface area contributed by atoms with Crippen LogP contribution in [0, 0.1) is 0 Å². The number of H-pyrrole nitrogens is 1. The van der Waals surface area contributed by atoms with E-state index in [2.05, 4.69) is 30.9 Å². The van der Waals surface area contributed by atoms with Gasteiger partial charge in [-0.3, -0.25) is 4.98 Å². The van der Waals surface area contributed by atoms with Gasteiger partial charge in [0.2, 0.25) is 0 Å². The third-order valence-corrected chi connectivity index (χ3v) is 2.97. The van der Waals surface area contributed by atoms with E-state index in [1.54, 1.807) is 12.4 Å². The first kappa shape index (κ1) is 11.4. The van der Waals surface area contributed by atoms with Gasteiger partial charge in [-0.2, -0.15) is 5.21 Å². The molecule has 1 unspecified atom stereocenters. The summed E-state index contributed by atoms with van der Waals surface area (Å²) in [5.74, 6) is 0.610. The van der Waals surface area contributed by atoms with Gasteiger partial charge in [0.25, 0.3) is 0 Å². The summed E-state index contributed by atoms with van der Waals surface area (Å²) in [4.78, 5) is 4.10. The van der Waals surface area contributed by atoms with Crippen LogP contribution in [0.3, 0.4) is 0 Å². The van der Waals surface area contributed by atoms with Crippen LogP contribution in [0.4, 0.5) is 11.4 Å². The molecule has 0 aliphatic heterocycles. The number of anilines is 2. The monoisotopic (exact) mass is 255 g/mol. The molecule has 2 heterocycles. The lowest BCUT2D eigenvalue weighted by molar-refractivity contribution is 0.795. The highest BCUT2D eigenvalue weighted by Gasteiger charge is 2.12. The number of fused-ring (bicyclic) bond motifs is 1. The number of hydrogen-bond acceptors (Lipinski definition) is 6. The van der Waals surface area contributed by atoms with Crippen molar-refractivity contribution in [3.63, 3.8) is 0 Å². The Morgan fingerprint density at radius 3 is 2.95 bits per heavy atom. The molecule has 2 aromatic heterocycles. The largest absolute Gasteiger partial charge is 0.398 e. The number of nitrogens with one attached hydrogen (secondary N) is 2. The lowest BCUT2D eigenvalue weighted by Gasteiger charge is -2.14. The van der Waals surface area contributed by atoms with Crippen LogP contribution in [-0.4, -0.2) is 25.6 Å². The average Bonchev–Trinajstić information content (AvgIpc) is 2.96. The van der Waals surface area contributed by atoms with Crippen LogP contribution in [0.2, 0.25) is 0 Å². The van der Waals surface area contributed by atoms with Gasteiger partial charge in [0.15, 0.2) is 5.82 Å². The first-order chi connectivity index (χ1) is 9.25. The lowest BCUT2D eigenvalue weighted by atomic mass is 10.1. The summed E-state index contributed by atoms with van der Waals surface area (Å²) in [6.07, 6.45) is 3.50. The van der Waals surface area contributed by atoms with Crippen molar-refractivity contribution in [2.75, 3.05) is 11.1 Å². The highest BCUT2D eigenvalue weighted by Crippen LogP contribution is 2.29. The summed E-state index contributed by atoms with van der Waals surface area (Å²) in [7, 11) is 0. The topological polar surface area (TPSA) is 105 Å². The maximum atomic E-state index is 5.94. The standard InChI is InChI=1S/C12H13N7/c1-7(12-16-18-19-17-12)15-11-3-2-10(13)9-6-14-5-4-8(9)11/h2-7,15H,13H2,1H3,(H,16,17,18,19). The minimum absolute atomic E-state index is 0.0567. The fraction of sp³-hybridized carbons (Fsp3) is 0.167. The van der Waals surface area contributed by atoms with Gasteiger partial charge in [-0.15, -0.1) is 10.2 Å². The molecule has 0 bridgehead atoms. The van der Waals surface area contributed by atoms with Crippen LogP contribution in [0.1, 0.15) is 18.8 Å². The maximum Gasteiger partial charge on any atom is 0.196 e. The molecule has 1 atom stereocenters. The van der Waals surface area contributed by atoms with Gasteiger partial charge >= 0.3 is 0 Å². The van der Waals surface area contributed by atoms with Crippen molar-refractivity contribution in [3.8, 4) is 0 Å². The zero-order valence-corrected chi connectivity index (χ0v) is 10.3.